The van der Waals surface area contributed by atoms with E-state index in [1.807, 2.05) is 6.92 Å². The summed E-state index contributed by atoms with van der Waals surface area (Å²) in [5.74, 6) is 0.738. The first-order valence-corrected chi connectivity index (χ1v) is 10.8. The van der Waals surface area contributed by atoms with E-state index in [9.17, 15) is 13.2 Å². The Balaban J connectivity index is 2.05. The SMILES string of the molecule is CCCOc1ccc(S(=O)(=O)c2ccc(OC[C@H](CCl)OC(C)=O)cc2)cc1. The third-order valence-electron chi connectivity index (χ3n) is 3.68. The first-order valence-electron chi connectivity index (χ1n) is 8.80. The van der Waals surface area contributed by atoms with Crippen molar-refractivity contribution in [2.45, 2.75) is 36.2 Å². The average Bonchev–Trinajstić information content (AvgIpc) is 2.70. The Labute approximate surface area is 170 Å². The molecule has 152 valence electrons. The van der Waals surface area contributed by atoms with E-state index in [2.05, 4.69) is 0 Å². The molecular formula is C20H23ClO6S. The lowest BCUT2D eigenvalue weighted by Gasteiger charge is -2.15. The van der Waals surface area contributed by atoms with Crippen molar-refractivity contribution < 1.29 is 27.4 Å². The topological polar surface area (TPSA) is 78.9 Å². The molecule has 0 saturated carbocycles. The number of hydrogen-bond donors (Lipinski definition) is 0. The van der Waals surface area contributed by atoms with Gasteiger partial charge in [-0.05, 0) is 55.0 Å². The number of hydrogen-bond acceptors (Lipinski definition) is 6. The molecule has 6 nitrogen and oxygen atoms in total. The predicted octanol–water partition coefficient (Wildman–Crippen LogP) is 3.86. The Morgan fingerprint density at radius 1 is 0.964 bits per heavy atom. The summed E-state index contributed by atoms with van der Waals surface area (Å²) in [6.45, 7) is 3.95. The summed E-state index contributed by atoms with van der Waals surface area (Å²) in [6.07, 6.45) is 0.303. The van der Waals surface area contributed by atoms with Crippen molar-refractivity contribution in [2.24, 2.45) is 0 Å². The van der Waals surface area contributed by atoms with Crippen LogP contribution in [-0.2, 0) is 19.4 Å². The molecule has 2 aromatic rings. The number of carbonyl (C=O) groups excluding carboxylic acids is 1. The maximum absolute atomic E-state index is 12.7. The highest BCUT2D eigenvalue weighted by molar-refractivity contribution is 7.91. The summed E-state index contributed by atoms with van der Waals surface area (Å²) < 4.78 is 41.5. The molecule has 0 aliphatic rings. The van der Waals surface area contributed by atoms with Gasteiger partial charge in [-0.2, -0.15) is 0 Å². The van der Waals surface area contributed by atoms with Gasteiger partial charge in [-0.15, -0.1) is 11.6 Å². The van der Waals surface area contributed by atoms with Gasteiger partial charge < -0.3 is 14.2 Å². The molecule has 0 saturated heterocycles. The summed E-state index contributed by atoms with van der Waals surface area (Å²) in [6, 6.07) is 12.4. The third kappa shape index (κ3) is 6.14. The van der Waals surface area contributed by atoms with Gasteiger partial charge in [0.05, 0.1) is 22.3 Å². The molecule has 0 heterocycles. The lowest BCUT2D eigenvalue weighted by atomic mass is 10.3. The van der Waals surface area contributed by atoms with Crippen LogP contribution in [0.15, 0.2) is 58.3 Å². The fraction of sp³-hybridized carbons (Fsp3) is 0.350. The van der Waals surface area contributed by atoms with E-state index in [1.54, 1.807) is 24.3 Å². The number of sulfone groups is 1. The second-order valence-corrected chi connectivity index (χ2v) is 8.25. The number of rotatable bonds is 10. The Bertz CT molecular complexity index is 863. The Morgan fingerprint density at radius 2 is 1.46 bits per heavy atom. The van der Waals surface area contributed by atoms with Crippen molar-refractivity contribution in [1.82, 2.24) is 0 Å². The van der Waals surface area contributed by atoms with E-state index in [0.29, 0.717) is 18.1 Å². The van der Waals surface area contributed by atoms with E-state index in [4.69, 9.17) is 25.8 Å². The minimum atomic E-state index is -3.65. The molecule has 28 heavy (non-hydrogen) atoms. The lowest BCUT2D eigenvalue weighted by Crippen LogP contribution is -2.25. The number of esters is 1. The van der Waals surface area contributed by atoms with Crippen LogP contribution in [0, 0.1) is 0 Å². The van der Waals surface area contributed by atoms with Crippen LogP contribution in [0.4, 0.5) is 0 Å². The fourth-order valence-electron chi connectivity index (χ4n) is 2.32. The van der Waals surface area contributed by atoms with E-state index < -0.39 is 21.9 Å². The summed E-state index contributed by atoms with van der Waals surface area (Å²) in [5.41, 5.74) is 0. The van der Waals surface area contributed by atoms with Gasteiger partial charge in [0, 0.05) is 6.92 Å². The number of alkyl halides is 1. The molecule has 2 rings (SSSR count). The number of halogens is 1. The predicted molar refractivity (Wildman–Crippen MR) is 106 cm³/mol. The van der Waals surface area contributed by atoms with Gasteiger partial charge in [0.25, 0.3) is 0 Å². The van der Waals surface area contributed by atoms with Crippen molar-refractivity contribution in [2.75, 3.05) is 19.1 Å². The molecule has 0 fully saturated rings. The normalized spacial score (nSPS) is 12.2. The van der Waals surface area contributed by atoms with Crippen LogP contribution in [0.1, 0.15) is 20.3 Å². The molecule has 0 aliphatic heterocycles. The Kier molecular flexibility index (Phi) is 8.14. The zero-order chi connectivity index (χ0) is 20.6. The van der Waals surface area contributed by atoms with Crippen LogP contribution in [0.3, 0.4) is 0 Å². The van der Waals surface area contributed by atoms with E-state index in [1.165, 1.54) is 31.2 Å². The third-order valence-corrected chi connectivity index (χ3v) is 5.81. The van der Waals surface area contributed by atoms with Gasteiger partial charge in [-0.3, -0.25) is 4.79 Å². The maximum Gasteiger partial charge on any atom is 0.303 e. The molecule has 0 N–H and O–H groups in total. The van der Waals surface area contributed by atoms with Crippen molar-refractivity contribution >= 4 is 27.4 Å². The zero-order valence-electron chi connectivity index (χ0n) is 15.8. The van der Waals surface area contributed by atoms with Gasteiger partial charge in [0.1, 0.15) is 24.2 Å². The first kappa shape index (κ1) is 22.0. The second-order valence-electron chi connectivity index (χ2n) is 5.99. The van der Waals surface area contributed by atoms with Crippen LogP contribution in [-0.4, -0.2) is 39.6 Å². The minimum absolute atomic E-state index is 0.0778. The van der Waals surface area contributed by atoms with Crippen molar-refractivity contribution in [3.05, 3.63) is 48.5 Å². The van der Waals surface area contributed by atoms with Gasteiger partial charge in [-0.1, -0.05) is 6.92 Å². The van der Waals surface area contributed by atoms with Crippen LogP contribution >= 0.6 is 11.6 Å². The van der Waals surface area contributed by atoms with E-state index in [0.717, 1.165) is 6.42 Å². The largest absolute Gasteiger partial charge is 0.494 e. The molecule has 0 radical (unpaired) electrons. The lowest BCUT2D eigenvalue weighted by molar-refractivity contribution is -0.146. The molecule has 0 unspecified atom stereocenters. The molecule has 0 amide bonds. The minimum Gasteiger partial charge on any atom is -0.494 e. The van der Waals surface area contributed by atoms with Gasteiger partial charge in [0.2, 0.25) is 9.84 Å². The number of ether oxygens (including phenoxy) is 3. The number of benzene rings is 2. The summed E-state index contributed by atoms with van der Waals surface area (Å²) in [5, 5.41) is 0. The standard InChI is InChI=1S/C20H23ClO6S/c1-3-12-25-16-4-8-19(9-5-16)28(23,24)20-10-6-17(7-11-20)26-14-18(13-21)27-15(2)22/h4-11,18H,3,12-14H2,1-2H3/t18-/m0/s1. The van der Waals surface area contributed by atoms with E-state index in [-0.39, 0.29) is 22.3 Å². The summed E-state index contributed by atoms with van der Waals surface area (Å²) >= 11 is 5.72. The van der Waals surface area contributed by atoms with Gasteiger partial charge in [-0.25, -0.2) is 8.42 Å². The van der Waals surface area contributed by atoms with Gasteiger partial charge >= 0.3 is 5.97 Å². The van der Waals surface area contributed by atoms with Gasteiger partial charge in [0.15, 0.2) is 0 Å². The molecule has 8 heteroatoms. The molecular weight excluding hydrogens is 404 g/mol. The Morgan fingerprint density at radius 3 is 1.89 bits per heavy atom. The fourth-order valence-corrected chi connectivity index (χ4v) is 3.73. The highest BCUT2D eigenvalue weighted by atomic mass is 35.5. The highest BCUT2D eigenvalue weighted by Crippen LogP contribution is 2.25. The van der Waals surface area contributed by atoms with Crippen molar-refractivity contribution in [3.8, 4) is 11.5 Å². The first-order chi connectivity index (χ1) is 13.4. The van der Waals surface area contributed by atoms with Crippen molar-refractivity contribution in [3.63, 3.8) is 0 Å². The molecule has 2 aromatic carbocycles. The monoisotopic (exact) mass is 426 g/mol. The smallest absolute Gasteiger partial charge is 0.303 e. The quantitative estimate of drug-likeness (QED) is 0.424. The van der Waals surface area contributed by atoms with Crippen molar-refractivity contribution in [1.29, 1.82) is 0 Å². The average molecular weight is 427 g/mol. The van der Waals surface area contributed by atoms with Crippen LogP contribution in [0.2, 0.25) is 0 Å². The zero-order valence-corrected chi connectivity index (χ0v) is 17.3. The molecule has 1 atom stereocenters. The molecule has 0 spiro atoms. The maximum atomic E-state index is 12.7. The van der Waals surface area contributed by atoms with E-state index >= 15 is 0 Å². The Hall–Kier alpha value is -2.25. The highest BCUT2D eigenvalue weighted by Gasteiger charge is 2.18. The number of carbonyl (C=O) groups is 1. The molecule has 0 bridgehead atoms. The van der Waals surface area contributed by atoms with Crippen LogP contribution in [0.5, 0.6) is 11.5 Å². The molecule has 0 aromatic heterocycles. The summed E-state index contributed by atoms with van der Waals surface area (Å²) in [4.78, 5) is 11.3. The van der Waals surface area contributed by atoms with Crippen LogP contribution < -0.4 is 9.47 Å². The summed E-state index contributed by atoms with van der Waals surface area (Å²) in [7, 11) is -3.65. The molecule has 0 aliphatic carbocycles. The second kappa shape index (κ2) is 10.3. The van der Waals surface area contributed by atoms with Crippen LogP contribution in [0.25, 0.3) is 0 Å².